The third-order valence-corrected chi connectivity index (χ3v) is 4.54. The summed E-state index contributed by atoms with van der Waals surface area (Å²) in [6, 6.07) is 12.2. The molecule has 3 N–H and O–H groups in total. The Bertz CT molecular complexity index is 1190. The molecular weight excluding hydrogens is 380 g/mol. The third kappa shape index (κ3) is 3.33. The number of rotatable bonds is 5. The first-order valence-corrected chi connectivity index (χ1v) is 8.68. The number of pyridine rings is 1. The number of amides is 1. The predicted octanol–water partition coefficient (Wildman–Crippen LogP) is 1.30. The van der Waals surface area contributed by atoms with Crippen LogP contribution in [0.5, 0.6) is 17.2 Å². The van der Waals surface area contributed by atoms with Crippen molar-refractivity contribution < 1.29 is 29.3 Å². The topological polar surface area (TPSA) is 127 Å². The highest BCUT2D eigenvalue weighted by Crippen LogP contribution is 2.39. The Morgan fingerprint density at radius 1 is 1.10 bits per heavy atom. The zero-order chi connectivity index (χ0) is 20.5. The second kappa shape index (κ2) is 7.19. The molecule has 29 heavy (non-hydrogen) atoms. The van der Waals surface area contributed by atoms with Gasteiger partial charge in [0.05, 0.1) is 12.1 Å². The number of aliphatic carboxylic acids is 1. The smallest absolute Gasteiger partial charge is 0.322 e. The number of benzene rings is 2. The molecule has 9 nitrogen and oxygen atoms in total. The Morgan fingerprint density at radius 2 is 1.79 bits per heavy atom. The summed E-state index contributed by atoms with van der Waals surface area (Å²) in [5, 5.41) is 21.8. The highest BCUT2D eigenvalue weighted by atomic mass is 16.7. The Labute approximate surface area is 163 Å². The second-order valence-corrected chi connectivity index (χ2v) is 6.40. The molecular formula is C20H16N2O7. The van der Waals surface area contributed by atoms with Crippen LogP contribution < -0.4 is 20.3 Å². The van der Waals surface area contributed by atoms with Crippen molar-refractivity contribution in [3.05, 3.63) is 63.9 Å². The minimum absolute atomic E-state index is 0.00128. The molecule has 1 amide bonds. The molecule has 1 aliphatic rings. The second-order valence-electron chi connectivity index (χ2n) is 6.40. The van der Waals surface area contributed by atoms with Crippen molar-refractivity contribution in [1.29, 1.82) is 0 Å². The quantitative estimate of drug-likeness (QED) is 0.593. The number of carbonyl (C=O) groups is 2. The molecule has 0 spiro atoms. The normalized spacial score (nSPS) is 12.1. The van der Waals surface area contributed by atoms with Crippen LogP contribution in [-0.4, -0.2) is 40.0 Å². The first-order chi connectivity index (χ1) is 14.0. The molecule has 4 rings (SSSR count). The summed E-state index contributed by atoms with van der Waals surface area (Å²) in [5.41, 5.74) is -0.124. The van der Waals surface area contributed by atoms with Crippen molar-refractivity contribution in [2.24, 2.45) is 0 Å². The van der Waals surface area contributed by atoms with Crippen LogP contribution in [0.2, 0.25) is 0 Å². The number of carbonyl (C=O) groups excluding carboxylic acids is 1. The van der Waals surface area contributed by atoms with Gasteiger partial charge in [-0.15, -0.1) is 0 Å². The number of ether oxygens (including phenoxy) is 2. The maximum Gasteiger partial charge on any atom is 0.322 e. The number of nitrogens with one attached hydrogen (secondary N) is 1. The predicted molar refractivity (Wildman–Crippen MR) is 102 cm³/mol. The first kappa shape index (κ1) is 18.4. The van der Waals surface area contributed by atoms with Crippen LogP contribution >= 0.6 is 0 Å². The lowest BCUT2D eigenvalue weighted by molar-refractivity contribution is -0.135. The Balaban J connectivity index is 1.94. The van der Waals surface area contributed by atoms with Crippen LogP contribution in [-0.2, 0) is 11.3 Å². The maximum atomic E-state index is 13.1. The van der Waals surface area contributed by atoms with E-state index in [1.165, 1.54) is 10.6 Å². The number of hydrogen-bond acceptors (Lipinski definition) is 6. The van der Waals surface area contributed by atoms with Gasteiger partial charge in [0.1, 0.15) is 17.9 Å². The summed E-state index contributed by atoms with van der Waals surface area (Å²) in [6.45, 7) is -0.549. The lowest BCUT2D eigenvalue weighted by Crippen LogP contribution is -2.36. The lowest BCUT2D eigenvalue weighted by atomic mass is 10.1. The molecule has 0 bridgehead atoms. The number of aromatic hydroxyl groups is 1. The van der Waals surface area contributed by atoms with Gasteiger partial charge in [0, 0.05) is 11.5 Å². The number of carboxylic acids is 1. The average Bonchev–Trinajstić information content (AvgIpc) is 3.17. The van der Waals surface area contributed by atoms with E-state index in [4.69, 9.17) is 14.6 Å². The zero-order valence-electron chi connectivity index (χ0n) is 15.0. The lowest BCUT2D eigenvalue weighted by Gasteiger charge is -2.15. The van der Waals surface area contributed by atoms with Crippen molar-refractivity contribution in [2.75, 3.05) is 13.3 Å². The van der Waals surface area contributed by atoms with Gasteiger partial charge < -0.3 is 29.6 Å². The molecule has 1 aliphatic heterocycles. The van der Waals surface area contributed by atoms with Crippen molar-refractivity contribution >= 4 is 22.8 Å². The minimum atomic E-state index is -1.27. The highest BCUT2D eigenvalue weighted by molar-refractivity contribution is 6.03. The standard InChI is InChI=1S/C20H16N2O7/c23-16(24)8-21-19(26)17-18(25)12-6-14-15(29-10-28-14)7-13(12)22(20(17)27)9-11-4-2-1-3-5-11/h1-7,25H,8-10H2,(H,21,26)(H,23,24). The number of aromatic nitrogens is 1. The van der Waals surface area contributed by atoms with Gasteiger partial charge in [0.15, 0.2) is 11.5 Å². The number of carboxylic acid groups (broad SMARTS) is 1. The van der Waals surface area contributed by atoms with Gasteiger partial charge in [-0.25, -0.2) is 0 Å². The molecule has 0 saturated heterocycles. The van der Waals surface area contributed by atoms with E-state index in [0.717, 1.165) is 5.56 Å². The first-order valence-electron chi connectivity index (χ1n) is 8.68. The number of fused-ring (bicyclic) bond motifs is 2. The van der Waals surface area contributed by atoms with Gasteiger partial charge in [-0.05, 0) is 11.6 Å². The largest absolute Gasteiger partial charge is 0.506 e. The van der Waals surface area contributed by atoms with Crippen LogP contribution in [0.15, 0.2) is 47.3 Å². The van der Waals surface area contributed by atoms with Gasteiger partial charge in [0.25, 0.3) is 11.5 Å². The molecule has 1 aromatic heterocycles. The minimum Gasteiger partial charge on any atom is -0.506 e. The van der Waals surface area contributed by atoms with Gasteiger partial charge in [-0.2, -0.15) is 0 Å². The summed E-state index contributed by atoms with van der Waals surface area (Å²) in [4.78, 5) is 36.3. The molecule has 0 atom stereocenters. The van der Waals surface area contributed by atoms with Gasteiger partial charge >= 0.3 is 5.97 Å². The maximum absolute atomic E-state index is 13.1. The fourth-order valence-electron chi connectivity index (χ4n) is 3.20. The van der Waals surface area contributed by atoms with Crippen LogP contribution in [0.3, 0.4) is 0 Å². The number of nitrogens with zero attached hydrogens (tertiary/aromatic N) is 1. The monoisotopic (exact) mass is 396 g/mol. The third-order valence-electron chi connectivity index (χ3n) is 4.54. The summed E-state index contributed by atoms with van der Waals surface area (Å²) < 4.78 is 12.0. The zero-order valence-corrected chi connectivity index (χ0v) is 15.0. The molecule has 3 aromatic rings. The summed E-state index contributed by atoms with van der Waals surface area (Å²) in [5.74, 6) is -2.01. The summed E-state index contributed by atoms with van der Waals surface area (Å²) in [7, 11) is 0. The molecule has 9 heteroatoms. The highest BCUT2D eigenvalue weighted by Gasteiger charge is 2.25. The Kier molecular flexibility index (Phi) is 4.55. The molecule has 0 aliphatic carbocycles. The number of hydrogen-bond donors (Lipinski definition) is 3. The van der Waals surface area contributed by atoms with E-state index >= 15 is 0 Å². The van der Waals surface area contributed by atoms with Crippen LogP contribution in [0.25, 0.3) is 10.9 Å². The molecule has 0 fully saturated rings. The Morgan fingerprint density at radius 3 is 2.48 bits per heavy atom. The van der Waals surface area contributed by atoms with Crippen molar-refractivity contribution in [3.8, 4) is 17.2 Å². The van der Waals surface area contributed by atoms with Crippen molar-refractivity contribution in [2.45, 2.75) is 6.54 Å². The van der Waals surface area contributed by atoms with E-state index in [0.29, 0.717) is 17.0 Å². The molecule has 0 saturated carbocycles. The fourth-order valence-corrected chi connectivity index (χ4v) is 3.20. The van der Waals surface area contributed by atoms with Crippen LogP contribution in [0, 0.1) is 0 Å². The summed E-state index contributed by atoms with van der Waals surface area (Å²) >= 11 is 0. The van der Waals surface area contributed by atoms with E-state index < -0.39 is 35.3 Å². The van der Waals surface area contributed by atoms with Gasteiger partial charge in [0.2, 0.25) is 6.79 Å². The average molecular weight is 396 g/mol. The summed E-state index contributed by atoms with van der Waals surface area (Å²) in [6.07, 6.45) is 0. The van der Waals surface area contributed by atoms with Crippen molar-refractivity contribution in [1.82, 2.24) is 9.88 Å². The Hall–Kier alpha value is -4.01. The molecule has 0 unspecified atom stereocenters. The van der Waals surface area contributed by atoms with E-state index in [9.17, 15) is 19.5 Å². The molecule has 148 valence electrons. The molecule has 2 aromatic carbocycles. The SMILES string of the molecule is O=C(O)CNC(=O)c1c(O)c2cc3c(cc2n(Cc2ccccc2)c1=O)OCO3. The van der Waals surface area contributed by atoms with Crippen molar-refractivity contribution in [3.63, 3.8) is 0 Å². The van der Waals surface area contributed by atoms with E-state index in [1.54, 1.807) is 6.07 Å². The van der Waals surface area contributed by atoms with Gasteiger partial charge in [-0.3, -0.25) is 14.4 Å². The van der Waals surface area contributed by atoms with Crippen LogP contribution in [0.1, 0.15) is 15.9 Å². The van der Waals surface area contributed by atoms with E-state index in [1.807, 2.05) is 30.3 Å². The molecule has 2 heterocycles. The van der Waals surface area contributed by atoms with Gasteiger partial charge in [-0.1, -0.05) is 30.3 Å². The van der Waals surface area contributed by atoms with Crippen LogP contribution in [0.4, 0.5) is 0 Å². The van der Waals surface area contributed by atoms with E-state index in [2.05, 4.69) is 5.32 Å². The molecule has 0 radical (unpaired) electrons. The van der Waals surface area contributed by atoms with E-state index in [-0.39, 0.29) is 18.7 Å². The fraction of sp³-hybridized carbons (Fsp3) is 0.150.